The van der Waals surface area contributed by atoms with Gasteiger partial charge in [0.05, 0.1) is 24.1 Å². The number of allylic oxidation sites excluding steroid dienone is 1. The molecule has 4 nitrogen and oxygen atoms in total. The zero-order chi connectivity index (χ0) is 16.9. The van der Waals surface area contributed by atoms with Gasteiger partial charge in [0.25, 0.3) is 0 Å². The van der Waals surface area contributed by atoms with Crippen molar-refractivity contribution in [3.8, 4) is 17.0 Å². The van der Waals surface area contributed by atoms with Gasteiger partial charge in [0.15, 0.2) is 5.78 Å². The molecule has 3 rings (SSSR count). The van der Waals surface area contributed by atoms with E-state index in [1.165, 1.54) is 25.3 Å². The largest absolute Gasteiger partial charge is 0.497 e. The van der Waals surface area contributed by atoms with Crippen LogP contribution < -0.4 is 4.74 Å². The Morgan fingerprint density at radius 2 is 1.96 bits per heavy atom. The smallest absolute Gasteiger partial charge is 0.188 e. The van der Waals surface area contributed by atoms with Crippen molar-refractivity contribution >= 4 is 11.9 Å². The van der Waals surface area contributed by atoms with E-state index in [9.17, 15) is 9.18 Å². The van der Waals surface area contributed by atoms with Crippen LogP contribution in [0.2, 0.25) is 0 Å². The average Bonchev–Trinajstić information content (AvgIpc) is 3.09. The van der Waals surface area contributed by atoms with Gasteiger partial charge in [-0.25, -0.2) is 4.39 Å². The summed E-state index contributed by atoms with van der Waals surface area (Å²) in [7, 11) is 1.44. The molecule has 120 valence electrons. The monoisotopic (exact) mass is 322 g/mol. The third-order valence-corrected chi connectivity index (χ3v) is 3.52. The summed E-state index contributed by atoms with van der Waals surface area (Å²) in [4.78, 5) is 12.1. The molecule has 2 aromatic carbocycles. The van der Waals surface area contributed by atoms with Crippen molar-refractivity contribution in [2.45, 2.75) is 0 Å². The van der Waals surface area contributed by atoms with Crippen LogP contribution in [0, 0.1) is 5.82 Å². The zero-order valence-corrected chi connectivity index (χ0v) is 13.0. The van der Waals surface area contributed by atoms with Crippen LogP contribution in [0.3, 0.4) is 0 Å². The number of carbonyl (C=O) groups is 1. The molecule has 0 saturated carbocycles. The summed E-state index contributed by atoms with van der Waals surface area (Å²) < 4.78 is 18.8. The maximum absolute atomic E-state index is 13.9. The summed E-state index contributed by atoms with van der Waals surface area (Å²) >= 11 is 0. The van der Waals surface area contributed by atoms with E-state index in [0.717, 1.165) is 11.3 Å². The topological polar surface area (TPSA) is 55.0 Å². The molecule has 1 N–H and O–H groups in total. The molecule has 0 aliphatic rings. The second-order valence-electron chi connectivity index (χ2n) is 5.12. The molecular weight excluding hydrogens is 307 g/mol. The predicted molar refractivity (Wildman–Crippen MR) is 90.3 cm³/mol. The number of hydrogen-bond donors (Lipinski definition) is 1. The number of ketones is 1. The van der Waals surface area contributed by atoms with Crippen molar-refractivity contribution < 1.29 is 13.9 Å². The van der Waals surface area contributed by atoms with Crippen molar-refractivity contribution in [3.05, 3.63) is 77.7 Å². The standard InChI is InChI=1S/C19H15FN2O2/c1-24-15-8-9-16(17(20)12-15)19(23)10-7-14-11-18(22-21-14)13-5-3-2-4-6-13/h2-12H,1H3,(H,21,22). The predicted octanol–water partition coefficient (Wildman–Crippen LogP) is 4.12. The zero-order valence-electron chi connectivity index (χ0n) is 13.0. The summed E-state index contributed by atoms with van der Waals surface area (Å²) in [5.74, 6) is -0.668. The molecular formula is C19H15FN2O2. The van der Waals surface area contributed by atoms with Gasteiger partial charge < -0.3 is 4.74 Å². The van der Waals surface area contributed by atoms with E-state index < -0.39 is 11.6 Å². The number of hydrogen-bond acceptors (Lipinski definition) is 3. The lowest BCUT2D eigenvalue weighted by molar-refractivity contribution is 0.104. The number of nitrogens with zero attached hydrogens (tertiary/aromatic N) is 1. The second kappa shape index (κ2) is 6.91. The van der Waals surface area contributed by atoms with Crippen LogP contribution in [-0.2, 0) is 0 Å². The second-order valence-corrected chi connectivity index (χ2v) is 5.12. The van der Waals surface area contributed by atoms with Crippen molar-refractivity contribution in [1.29, 1.82) is 0 Å². The summed E-state index contributed by atoms with van der Waals surface area (Å²) in [5, 5.41) is 7.04. The van der Waals surface area contributed by atoms with Crippen LogP contribution in [0.25, 0.3) is 17.3 Å². The molecule has 0 radical (unpaired) electrons. The molecule has 0 aliphatic carbocycles. The fourth-order valence-corrected chi connectivity index (χ4v) is 2.26. The minimum atomic E-state index is -0.612. The van der Waals surface area contributed by atoms with Gasteiger partial charge in [-0.3, -0.25) is 9.89 Å². The Morgan fingerprint density at radius 3 is 2.67 bits per heavy atom. The molecule has 24 heavy (non-hydrogen) atoms. The van der Waals surface area contributed by atoms with E-state index in [1.807, 2.05) is 36.4 Å². The molecule has 0 spiro atoms. The van der Waals surface area contributed by atoms with Crippen LogP contribution in [0.1, 0.15) is 16.1 Å². The first-order valence-corrected chi connectivity index (χ1v) is 7.34. The first-order chi connectivity index (χ1) is 11.7. The molecule has 0 fully saturated rings. The minimum Gasteiger partial charge on any atom is -0.497 e. The molecule has 0 unspecified atom stereocenters. The minimum absolute atomic E-state index is 0.00477. The fraction of sp³-hybridized carbons (Fsp3) is 0.0526. The van der Waals surface area contributed by atoms with Crippen molar-refractivity contribution in [3.63, 3.8) is 0 Å². The summed E-state index contributed by atoms with van der Waals surface area (Å²) in [5.41, 5.74) is 2.41. The Kier molecular flexibility index (Phi) is 4.52. The number of H-pyrrole nitrogens is 1. The fourth-order valence-electron chi connectivity index (χ4n) is 2.26. The lowest BCUT2D eigenvalue weighted by atomic mass is 10.1. The Labute approximate surface area is 138 Å². The summed E-state index contributed by atoms with van der Waals surface area (Å²) in [6.07, 6.45) is 2.89. The number of aromatic amines is 1. The number of rotatable bonds is 5. The lowest BCUT2D eigenvalue weighted by Gasteiger charge is -2.02. The van der Waals surface area contributed by atoms with Crippen LogP contribution in [0.4, 0.5) is 4.39 Å². The normalized spacial score (nSPS) is 10.9. The van der Waals surface area contributed by atoms with E-state index in [-0.39, 0.29) is 5.56 Å². The van der Waals surface area contributed by atoms with Gasteiger partial charge in [-0.1, -0.05) is 30.3 Å². The van der Waals surface area contributed by atoms with Crippen LogP contribution >= 0.6 is 0 Å². The maximum Gasteiger partial charge on any atom is 0.188 e. The molecule has 0 bridgehead atoms. The molecule has 1 heterocycles. The highest BCUT2D eigenvalue weighted by molar-refractivity contribution is 6.07. The molecule has 5 heteroatoms. The number of halogens is 1. The van der Waals surface area contributed by atoms with Gasteiger partial charge >= 0.3 is 0 Å². The Hall–Kier alpha value is -3.21. The molecule has 0 saturated heterocycles. The van der Waals surface area contributed by atoms with Crippen molar-refractivity contribution in [2.75, 3.05) is 7.11 Å². The number of aromatic nitrogens is 2. The molecule has 1 aromatic heterocycles. The van der Waals surface area contributed by atoms with E-state index in [0.29, 0.717) is 11.4 Å². The highest BCUT2D eigenvalue weighted by atomic mass is 19.1. The molecule has 0 aliphatic heterocycles. The van der Waals surface area contributed by atoms with Crippen molar-refractivity contribution in [2.24, 2.45) is 0 Å². The van der Waals surface area contributed by atoms with E-state index in [2.05, 4.69) is 10.2 Å². The van der Waals surface area contributed by atoms with E-state index in [1.54, 1.807) is 12.1 Å². The van der Waals surface area contributed by atoms with Gasteiger partial charge in [-0.05, 0) is 30.4 Å². The summed E-state index contributed by atoms with van der Waals surface area (Å²) in [6.45, 7) is 0. The Balaban J connectivity index is 1.76. The van der Waals surface area contributed by atoms with Gasteiger partial charge in [-0.2, -0.15) is 5.10 Å². The highest BCUT2D eigenvalue weighted by Crippen LogP contribution is 2.19. The summed E-state index contributed by atoms with van der Waals surface area (Å²) in [6, 6.07) is 15.6. The molecule has 0 amide bonds. The first kappa shape index (κ1) is 15.7. The van der Waals surface area contributed by atoms with Gasteiger partial charge in [-0.15, -0.1) is 0 Å². The van der Waals surface area contributed by atoms with E-state index >= 15 is 0 Å². The Morgan fingerprint density at radius 1 is 1.17 bits per heavy atom. The van der Waals surface area contributed by atoms with Gasteiger partial charge in [0.2, 0.25) is 0 Å². The van der Waals surface area contributed by atoms with Crippen LogP contribution in [-0.4, -0.2) is 23.1 Å². The van der Waals surface area contributed by atoms with Gasteiger partial charge in [0.1, 0.15) is 11.6 Å². The molecule has 0 atom stereocenters. The van der Waals surface area contributed by atoms with Crippen LogP contribution in [0.5, 0.6) is 5.75 Å². The number of benzene rings is 2. The first-order valence-electron chi connectivity index (χ1n) is 7.34. The average molecular weight is 322 g/mol. The third kappa shape index (κ3) is 3.41. The number of methoxy groups -OCH3 is 1. The number of ether oxygens (including phenoxy) is 1. The van der Waals surface area contributed by atoms with Crippen molar-refractivity contribution in [1.82, 2.24) is 10.2 Å². The van der Waals surface area contributed by atoms with E-state index in [4.69, 9.17) is 4.74 Å². The number of nitrogens with one attached hydrogen (secondary N) is 1. The number of carbonyl (C=O) groups excluding carboxylic acids is 1. The highest BCUT2D eigenvalue weighted by Gasteiger charge is 2.10. The SMILES string of the molecule is COc1ccc(C(=O)C=Cc2cc(-c3ccccc3)n[nH]2)c(F)c1. The Bertz CT molecular complexity index is 885. The van der Waals surface area contributed by atoms with Crippen LogP contribution in [0.15, 0.2) is 60.7 Å². The quantitative estimate of drug-likeness (QED) is 0.568. The van der Waals surface area contributed by atoms with Gasteiger partial charge in [0, 0.05) is 11.6 Å². The molecule has 3 aromatic rings. The third-order valence-electron chi connectivity index (χ3n) is 3.52. The maximum atomic E-state index is 13.9. The lowest BCUT2D eigenvalue weighted by Crippen LogP contribution is -1.99.